The normalized spacial score (nSPS) is 17.5. The van der Waals surface area contributed by atoms with Gasteiger partial charge in [-0.2, -0.15) is 0 Å². The number of ether oxygens (including phenoxy) is 2. The van der Waals surface area contributed by atoms with Gasteiger partial charge in [-0.05, 0) is 56.2 Å². The van der Waals surface area contributed by atoms with Crippen LogP contribution in [-0.2, 0) is 6.42 Å². The van der Waals surface area contributed by atoms with Crippen LogP contribution in [0.4, 0.5) is 0 Å². The summed E-state index contributed by atoms with van der Waals surface area (Å²) in [7, 11) is 1.66. The Bertz CT molecular complexity index is 458. The van der Waals surface area contributed by atoms with Gasteiger partial charge < -0.3 is 15.2 Å². The molecule has 0 heterocycles. The van der Waals surface area contributed by atoms with Crippen molar-refractivity contribution < 1.29 is 9.47 Å². The molecule has 2 rings (SSSR count). The molecule has 4 heteroatoms. The molecule has 21 heavy (non-hydrogen) atoms. The van der Waals surface area contributed by atoms with E-state index in [1.807, 2.05) is 12.1 Å². The Morgan fingerprint density at radius 1 is 1.29 bits per heavy atom. The summed E-state index contributed by atoms with van der Waals surface area (Å²) < 4.78 is 11.6. The molecule has 0 amide bonds. The fourth-order valence-electron chi connectivity index (χ4n) is 2.80. The maximum atomic E-state index is 6.41. The third-order valence-electron chi connectivity index (χ3n) is 4.15. The average Bonchev–Trinajstić information content (AvgIpc) is 2.50. The Balaban J connectivity index is 2.16. The summed E-state index contributed by atoms with van der Waals surface area (Å²) in [6, 6.07) is 4.10. The summed E-state index contributed by atoms with van der Waals surface area (Å²) in [5, 5.41) is 0.623. The summed E-state index contributed by atoms with van der Waals surface area (Å²) >= 11 is 6.41. The maximum absolute atomic E-state index is 6.41. The molecule has 2 N–H and O–H groups in total. The molecule has 1 fully saturated rings. The predicted octanol–water partition coefficient (Wildman–Crippen LogP) is 4.34. The Hall–Kier alpha value is -0.930. The fourth-order valence-corrected chi connectivity index (χ4v) is 3.08. The van der Waals surface area contributed by atoms with Crippen LogP contribution in [0.3, 0.4) is 0 Å². The highest BCUT2D eigenvalue weighted by atomic mass is 35.5. The number of hydrogen-bond acceptors (Lipinski definition) is 3. The first-order valence-corrected chi connectivity index (χ1v) is 8.30. The van der Waals surface area contributed by atoms with Gasteiger partial charge in [0, 0.05) is 6.04 Å². The number of benzene rings is 1. The monoisotopic (exact) mass is 311 g/mol. The minimum Gasteiger partial charge on any atom is -0.493 e. The molecular weight excluding hydrogens is 286 g/mol. The average molecular weight is 312 g/mol. The molecule has 1 saturated carbocycles. The van der Waals surface area contributed by atoms with Crippen molar-refractivity contribution in [2.45, 2.75) is 64.0 Å². The molecule has 3 nitrogen and oxygen atoms in total. The van der Waals surface area contributed by atoms with Crippen molar-refractivity contribution in [2.75, 3.05) is 7.11 Å². The van der Waals surface area contributed by atoms with Crippen LogP contribution in [-0.4, -0.2) is 19.3 Å². The van der Waals surface area contributed by atoms with Crippen LogP contribution < -0.4 is 15.2 Å². The number of halogens is 1. The lowest BCUT2D eigenvalue weighted by Crippen LogP contribution is -2.22. The molecular formula is C17H26ClNO2. The Morgan fingerprint density at radius 2 is 2.00 bits per heavy atom. The number of hydrogen-bond donors (Lipinski definition) is 1. The van der Waals surface area contributed by atoms with Crippen molar-refractivity contribution in [3.8, 4) is 11.5 Å². The molecule has 0 saturated heterocycles. The number of methoxy groups -OCH3 is 1. The van der Waals surface area contributed by atoms with Gasteiger partial charge in [0.15, 0.2) is 11.5 Å². The van der Waals surface area contributed by atoms with E-state index in [2.05, 4.69) is 6.92 Å². The molecule has 1 atom stereocenters. The van der Waals surface area contributed by atoms with Gasteiger partial charge in [-0.15, -0.1) is 0 Å². The Kier molecular flexibility index (Phi) is 6.19. The van der Waals surface area contributed by atoms with E-state index in [4.69, 9.17) is 26.8 Å². The molecule has 0 radical (unpaired) electrons. The summed E-state index contributed by atoms with van der Waals surface area (Å²) in [5.74, 6) is 1.39. The van der Waals surface area contributed by atoms with Gasteiger partial charge in [-0.3, -0.25) is 0 Å². The van der Waals surface area contributed by atoms with Crippen molar-refractivity contribution >= 4 is 11.6 Å². The molecule has 0 aliphatic heterocycles. The van der Waals surface area contributed by atoms with E-state index in [1.54, 1.807) is 7.11 Å². The van der Waals surface area contributed by atoms with Crippen LogP contribution in [0.25, 0.3) is 0 Å². The third kappa shape index (κ3) is 4.52. The SMILES string of the molecule is CCC(N)Cc1cc(Cl)c(OC2CCCCC2)c(OC)c1. The lowest BCUT2D eigenvalue weighted by atomic mass is 9.97. The maximum Gasteiger partial charge on any atom is 0.180 e. The first kappa shape index (κ1) is 16.4. The van der Waals surface area contributed by atoms with Crippen LogP contribution in [0.15, 0.2) is 12.1 Å². The van der Waals surface area contributed by atoms with E-state index in [1.165, 1.54) is 19.3 Å². The smallest absolute Gasteiger partial charge is 0.180 e. The highest BCUT2D eigenvalue weighted by molar-refractivity contribution is 6.32. The highest BCUT2D eigenvalue weighted by Crippen LogP contribution is 2.39. The second kappa shape index (κ2) is 7.90. The molecule has 118 valence electrons. The molecule has 1 aliphatic rings. The zero-order valence-corrected chi connectivity index (χ0v) is 13.8. The van der Waals surface area contributed by atoms with Gasteiger partial charge in [0.1, 0.15) is 0 Å². The van der Waals surface area contributed by atoms with Crippen LogP contribution >= 0.6 is 11.6 Å². The van der Waals surface area contributed by atoms with Gasteiger partial charge >= 0.3 is 0 Å². The third-order valence-corrected chi connectivity index (χ3v) is 4.43. The van der Waals surface area contributed by atoms with E-state index in [0.29, 0.717) is 16.5 Å². The van der Waals surface area contributed by atoms with Crippen LogP contribution in [0, 0.1) is 0 Å². The molecule has 1 aromatic carbocycles. The first-order chi connectivity index (χ1) is 10.1. The van der Waals surface area contributed by atoms with Crippen molar-refractivity contribution in [2.24, 2.45) is 5.73 Å². The summed E-state index contributed by atoms with van der Waals surface area (Å²) in [4.78, 5) is 0. The van der Waals surface area contributed by atoms with Gasteiger partial charge in [0.05, 0.1) is 18.2 Å². The molecule has 1 unspecified atom stereocenters. The molecule has 0 aromatic heterocycles. The van der Waals surface area contributed by atoms with Crippen molar-refractivity contribution in [3.63, 3.8) is 0 Å². The van der Waals surface area contributed by atoms with E-state index in [-0.39, 0.29) is 12.1 Å². The van der Waals surface area contributed by atoms with Crippen molar-refractivity contribution in [1.82, 2.24) is 0 Å². The fraction of sp³-hybridized carbons (Fsp3) is 0.647. The summed E-state index contributed by atoms with van der Waals surface area (Å²) in [6.45, 7) is 2.09. The van der Waals surface area contributed by atoms with E-state index in [0.717, 1.165) is 31.2 Å². The molecule has 1 aliphatic carbocycles. The van der Waals surface area contributed by atoms with Crippen molar-refractivity contribution in [3.05, 3.63) is 22.7 Å². The van der Waals surface area contributed by atoms with E-state index >= 15 is 0 Å². The topological polar surface area (TPSA) is 44.5 Å². The Labute approximate surface area is 132 Å². The molecule has 0 bridgehead atoms. The predicted molar refractivity (Wildman–Crippen MR) is 87.5 cm³/mol. The number of rotatable bonds is 6. The summed E-state index contributed by atoms with van der Waals surface area (Å²) in [6.07, 6.45) is 7.97. The van der Waals surface area contributed by atoms with Gasteiger partial charge in [0.25, 0.3) is 0 Å². The minimum atomic E-state index is 0.149. The standard InChI is InChI=1S/C17H26ClNO2/c1-3-13(19)9-12-10-15(18)17(16(11-12)20-2)21-14-7-5-4-6-8-14/h10-11,13-14H,3-9,19H2,1-2H3. The summed E-state index contributed by atoms with van der Waals surface area (Å²) in [5.41, 5.74) is 7.12. The van der Waals surface area contributed by atoms with E-state index in [9.17, 15) is 0 Å². The van der Waals surface area contributed by atoms with Crippen LogP contribution in [0.5, 0.6) is 11.5 Å². The van der Waals surface area contributed by atoms with Gasteiger partial charge in [-0.25, -0.2) is 0 Å². The highest BCUT2D eigenvalue weighted by Gasteiger charge is 2.20. The van der Waals surface area contributed by atoms with Crippen LogP contribution in [0.2, 0.25) is 5.02 Å². The zero-order chi connectivity index (χ0) is 15.2. The zero-order valence-electron chi connectivity index (χ0n) is 13.0. The number of nitrogens with two attached hydrogens (primary N) is 1. The Morgan fingerprint density at radius 3 is 2.62 bits per heavy atom. The van der Waals surface area contributed by atoms with Gasteiger partial charge in [-0.1, -0.05) is 24.9 Å². The van der Waals surface area contributed by atoms with Crippen LogP contribution in [0.1, 0.15) is 51.0 Å². The largest absolute Gasteiger partial charge is 0.493 e. The van der Waals surface area contributed by atoms with E-state index < -0.39 is 0 Å². The lowest BCUT2D eigenvalue weighted by Gasteiger charge is -2.25. The molecule has 0 spiro atoms. The van der Waals surface area contributed by atoms with Gasteiger partial charge in [0.2, 0.25) is 0 Å². The second-order valence-electron chi connectivity index (χ2n) is 5.86. The quantitative estimate of drug-likeness (QED) is 0.850. The lowest BCUT2D eigenvalue weighted by molar-refractivity contribution is 0.149. The minimum absolute atomic E-state index is 0.149. The first-order valence-electron chi connectivity index (χ1n) is 7.92. The second-order valence-corrected chi connectivity index (χ2v) is 6.27. The van der Waals surface area contributed by atoms with Crippen molar-refractivity contribution in [1.29, 1.82) is 0 Å². The molecule has 1 aromatic rings.